The fourth-order valence-electron chi connectivity index (χ4n) is 1.97. The Kier molecular flexibility index (Phi) is 5.41. The summed E-state index contributed by atoms with van der Waals surface area (Å²) in [5.41, 5.74) is 0.879. The minimum atomic E-state index is -3.28. The molecule has 23 heavy (non-hydrogen) atoms. The molecule has 1 amide bonds. The molecule has 2 N–H and O–H groups in total. The highest BCUT2D eigenvalue weighted by atomic mass is 32.2. The first-order valence-electron chi connectivity index (χ1n) is 6.97. The number of aromatic nitrogens is 2. The number of nitrogens with one attached hydrogen (secondary N) is 1. The number of hydrogen-bond acceptors (Lipinski definition) is 6. The van der Waals surface area contributed by atoms with Gasteiger partial charge in [0.1, 0.15) is 6.33 Å². The molecule has 0 saturated carbocycles. The predicted molar refractivity (Wildman–Crippen MR) is 83.5 cm³/mol. The maximum Gasteiger partial charge on any atom is 0.254 e. The smallest absolute Gasteiger partial charge is 0.254 e. The Hall–Kier alpha value is -2.32. The molecule has 1 aromatic carbocycles. The molecule has 1 heterocycles. The van der Waals surface area contributed by atoms with E-state index in [0.29, 0.717) is 5.56 Å². The number of sulfone groups is 1. The second-order valence-electron chi connectivity index (χ2n) is 4.81. The molecule has 0 radical (unpaired) electrons. The third kappa shape index (κ3) is 4.11. The third-order valence-electron chi connectivity index (χ3n) is 3.33. The van der Waals surface area contributed by atoms with Crippen molar-refractivity contribution in [2.24, 2.45) is 0 Å². The molecule has 0 spiro atoms. The summed E-state index contributed by atoms with van der Waals surface area (Å²) < 4.78 is 23.6. The van der Waals surface area contributed by atoms with Crippen molar-refractivity contribution in [3.8, 4) is 0 Å². The van der Waals surface area contributed by atoms with Gasteiger partial charge in [-0.3, -0.25) is 4.79 Å². The first-order valence-corrected chi connectivity index (χ1v) is 8.62. The number of rotatable bonds is 6. The summed E-state index contributed by atoms with van der Waals surface area (Å²) in [5, 5.41) is 12.1. The van der Waals surface area contributed by atoms with Crippen LogP contribution in [0.2, 0.25) is 0 Å². The van der Waals surface area contributed by atoms with Crippen LogP contribution in [0.4, 0.5) is 0 Å². The lowest BCUT2D eigenvalue weighted by molar-refractivity contribution is 0.0915. The van der Waals surface area contributed by atoms with Gasteiger partial charge in [0.15, 0.2) is 9.84 Å². The molecule has 0 fully saturated rings. The Bertz CT molecular complexity index is 761. The van der Waals surface area contributed by atoms with Crippen molar-refractivity contribution >= 4 is 15.7 Å². The van der Waals surface area contributed by atoms with Gasteiger partial charge in [0.25, 0.3) is 5.91 Å². The van der Waals surface area contributed by atoms with Crippen LogP contribution >= 0.6 is 0 Å². The summed E-state index contributed by atoms with van der Waals surface area (Å²) in [7, 11) is -3.28. The highest BCUT2D eigenvalue weighted by Crippen LogP contribution is 2.17. The summed E-state index contributed by atoms with van der Waals surface area (Å²) >= 11 is 0. The van der Waals surface area contributed by atoms with E-state index < -0.39 is 21.8 Å². The zero-order valence-electron chi connectivity index (χ0n) is 12.5. The maximum atomic E-state index is 12.1. The van der Waals surface area contributed by atoms with Crippen LogP contribution in [-0.4, -0.2) is 41.8 Å². The van der Waals surface area contributed by atoms with Gasteiger partial charge in [-0.2, -0.15) is 0 Å². The number of carbonyl (C=O) groups excluding carboxylic acids is 1. The SMILES string of the molecule is CCS(=O)(=O)c1ccc([C@H](CO)NC(=O)c2cncnc2)cc1. The van der Waals surface area contributed by atoms with Gasteiger partial charge < -0.3 is 10.4 Å². The first-order chi connectivity index (χ1) is 11.0. The van der Waals surface area contributed by atoms with Gasteiger partial charge in [-0.05, 0) is 17.7 Å². The van der Waals surface area contributed by atoms with E-state index in [4.69, 9.17) is 0 Å². The highest BCUT2D eigenvalue weighted by Gasteiger charge is 2.17. The second kappa shape index (κ2) is 7.30. The van der Waals surface area contributed by atoms with Crippen molar-refractivity contribution in [1.29, 1.82) is 0 Å². The van der Waals surface area contributed by atoms with Crippen molar-refractivity contribution in [2.45, 2.75) is 17.9 Å². The average Bonchev–Trinajstić information content (AvgIpc) is 2.60. The van der Waals surface area contributed by atoms with E-state index >= 15 is 0 Å². The Morgan fingerprint density at radius 3 is 2.35 bits per heavy atom. The zero-order chi connectivity index (χ0) is 16.9. The van der Waals surface area contributed by atoms with Crippen molar-refractivity contribution in [3.63, 3.8) is 0 Å². The fraction of sp³-hybridized carbons (Fsp3) is 0.267. The zero-order valence-corrected chi connectivity index (χ0v) is 13.3. The minimum absolute atomic E-state index is 0.0144. The van der Waals surface area contributed by atoms with E-state index in [1.165, 1.54) is 30.9 Å². The van der Waals surface area contributed by atoms with Gasteiger partial charge >= 0.3 is 0 Å². The molecule has 0 aliphatic carbocycles. The standard InChI is InChI=1S/C15H17N3O4S/c1-2-23(21,22)13-5-3-11(4-6-13)14(9-19)18-15(20)12-7-16-10-17-8-12/h3-8,10,14,19H,2,9H2,1H3,(H,18,20)/t14-/m0/s1. The van der Waals surface area contributed by atoms with Gasteiger partial charge in [-0.15, -0.1) is 0 Å². The third-order valence-corrected chi connectivity index (χ3v) is 5.08. The number of hydrogen-bond donors (Lipinski definition) is 2. The lowest BCUT2D eigenvalue weighted by atomic mass is 10.1. The number of carbonyl (C=O) groups is 1. The molecule has 1 atom stereocenters. The van der Waals surface area contributed by atoms with Crippen LogP contribution in [0.25, 0.3) is 0 Å². The molecule has 0 unspecified atom stereocenters. The number of amides is 1. The van der Waals surface area contributed by atoms with Crippen LogP contribution < -0.4 is 5.32 Å². The minimum Gasteiger partial charge on any atom is -0.394 e. The van der Waals surface area contributed by atoms with Gasteiger partial charge in [-0.1, -0.05) is 19.1 Å². The molecular formula is C15H17N3O4S. The maximum absolute atomic E-state index is 12.1. The van der Waals surface area contributed by atoms with E-state index in [-0.39, 0.29) is 22.8 Å². The topological polar surface area (TPSA) is 109 Å². The molecule has 7 nitrogen and oxygen atoms in total. The summed E-state index contributed by atoms with van der Waals surface area (Å²) in [5.74, 6) is -0.407. The lowest BCUT2D eigenvalue weighted by Crippen LogP contribution is -2.31. The Balaban J connectivity index is 2.17. The van der Waals surface area contributed by atoms with E-state index in [9.17, 15) is 18.3 Å². The van der Waals surface area contributed by atoms with Crippen molar-refractivity contribution < 1.29 is 18.3 Å². The summed E-state index contributed by atoms with van der Waals surface area (Å²) in [4.78, 5) is 19.8. The van der Waals surface area contributed by atoms with Crippen molar-refractivity contribution in [3.05, 3.63) is 54.1 Å². The molecule has 2 aromatic rings. The normalized spacial score (nSPS) is 12.6. The first kappa shape index (κ1) is 17.0. The molecule has 1 aromatic heterocycles. The Morgan fingerprint density at radius 2 is 1.83 bits per heavy atom. The highest BCUT2D eigenvalue weighted by molar-refractivity contribution is 7.91. The van der Waals surface area contributed by atoms with Gasteiger partial charge in [-0.25, -0.2) is 18.4 Å². The molecule has 122 valence electrons. The van der Waals surface area contributed by atoms with E-state index in [0.717, 1.165) is 0 Å². The number of aliphatic hydroxyl groups excluding tert-OH is 1. The van der Waals surface area contributed by atoms with Crippen LogP contribution in [0.3, 0.4) is 0 Å². The molecular weight excluding hydrogens is 318 g/mol. The monoisotopic (exact) mass is 335 g/mol. The quantitative estimate of drug-likeness (QED) is 0.805. The molecule has 0 saturated heterocycles. The van der Waals surface area contributed by atoms with Gasteiger partial charge in [0.2, 0.25) is 0 Å². The van der Waals surface area contributed by atoms with Crippen LogP contribution in [0.1, 0.15) is 28.9 Å². The average molecular weight is 335 g/mol. The number of benzene rings is 1. The molecule has 0 bridgehead atoms. The Labute approximate surface area is 134 Å². The van der Waals surface area contributed by atoms with E-state index in [2.05, 4.69) is 15.3 Å². The lowest BCUT2D eigenvalue weighted by Gasteiger charge is -2.17. The predicted octanol–water partition coefficient (Wildman–Crippen LogP) is 0.734. The van der Waals surface area contributed by atoms with Crippen LogP contribution in [0.5, 0.6) is 0 Å². The van der Waals surface area contributed by atoms with Crippen molar-refractivity contribution in [2.75, 3.05) is 12.4 Å². The van der Waals surface area contributed by atoms with Crippen LogP contribution in [0.15, 0.2) is 47.9 Å². The van der Waals surface area contributed by atoms with Gasteiger partial charge in [0, 0.05) is 12.4 Å². The van der Waals surface area contributed by atoms with E-state index in [1.54, 1.807) is 19.1 Å². The number of aliphatic hydroxyl groups is 1. The van der Waals surface area contributed by atoms with E-state index in [1.807, 2.05) is 0 Å². The summed E-state index contributed by atoms with van der Waals surface area (Å²) in [6, 6.07) is 5.43. The Morgan fingerprint density at radius 1 is 1.22 bits per heavy atom. The van der Waals surface area contributed by atoms with Gasteiger partial charge in [0.05, 0.1) is 28.9 Å². The fourth-order valence-corrected chi connectivity index (χ4v) is 2.85. The molecule has 2 rings (SSSR count). The molecule has 8 heteroatoms. The molecule has 0 aliphatic heterocycles. The summed E-state index contributed by atoms with van der Waals surface area (Å²) in [6.07, 6.45) is 4.05. The van der Waals surface area contributed by atoms with Crippen molar-refractivity contribution in [1.82, 2.24) is 15.3 Å². The van der Waals surface area contributed by atoms with Crippen LogP contribution in [0, 0.1) is 0 Å². The largest absolute Gasteiger partial charge is 0.394 e. The molecule has 0 aliphatic rings. The number of nitrogens with zero attached hydrogens (tertiary/aromatic N) is 2. The van der Waals surface area contributed by atoms with Crippen LogP contribution in [-0.2, 0) is 9.84 Å². The summed E-state index contributed by atoms with van der Waals surface area (Å²) in [6.45, 7) is 1.25. The second-order valence-corrected chi connectivity index (χ2v) is 7.09.